The average Bonchev–Trinajstić information content (AvgIpc) is 3.39. The molecule has 3 aromatic heterocycles. The zero-order valence-electron chi connectivity index (χ0n) is 22.6. The molecule has 0 saturated carbocycles. The van der Waals surface area contributed by atoms with Crippen LogP contribution in [0.2, 0.25) is 0 Å². The molecule has 202 valence electrons. The molecule has 0 aliphatic carbocycles. The van der Waals surface area contributed by atoms with E-state index in [9.17, 15) is 14.7 Å². The molecule has 1 saturated heterocycles. The Morgan fingerprint density at radius 1 is 1.13 bits per heavy atom. The monoisotopic (exact) mass is 522 g/mol. The van der Waals surface area contributed by atoms with Gasteiger partial charge in [-0.25, -0.2) is 19.6 Å². The van der Waals surface area contributed by atoms with Gasteiger partial charge in [0.05, 0.1) is 17.8 Å². The molecular weight excluding hydrogens is 488 g/mol. The Hall–Kier alpha value is -4.09. The first-order valence-corrected chi connectivity index (χ1v) is 12.8. The van der Waals surface area contributed by atoms with Crippen LogP contribution in [0.3, 0.4) is 0 Å². The minimum Gasteiger partial charge on any atom is -0.492 e. The van der Waals surface area contributed by atoms with Crippen LogP contribution in [0.5, 0.6) is 5.88 Å². The van der Waals surface area contributed by atoms with E-state index in [0.29, 0.717) is 37.7 Å². The smallest absolute Gasteiger partial charge is 0.410 e. The Kier molecular flexibility index (Phi) is 6.28. The van der Waals surface area contributed by atoms with Crippen LogP contribution in [0, 0.1) is 6.92 Å². The van der Waals surface area contributed by atoms with E-state index in [-0.39, 0.29) is 29.7 Å². The number of piperazine rings is 1. The lowest BCUT2D eigenvalue weighted by Crippen LogP contribution is -2.59. The summed E-state index contributed by atoms with van der Waals surface area (Å²) < 4.78 is 7.29. The molecule has 2 atom stereocenters. The summed E-state index contributed by atoms with van der Waals surface area (Å²) in [6, 6.07) is 1.44. The number of anilines is 3. The lowest BCUT2D eigenvalue weighted by atomic mass is 10.1. The minimum absolute atomic E-state index is 0.0598. The average molecular weight is 523 g/mol. The van der Waals surface area contributed by atoms with E-state index in [1.165, 1.54) is 0 Å². The van der Waals surface area contributed by atoms with Gasteiger partial charge in [0.2, 0.25) is 11.7 Å². The fraction of sp³-hybridized carbons (Fsp3) is 0.500. The molecule has 3 amide bonds. The van der Waals surface area contributed by atoms with Crippen molar-refractivity contribution in [3.8, 4) is 5.88 Å². The van der Waals surface area contributed by atoms with Gasteiger partial charge in [-0.3, -0.25) is 14.2 Å². The van der Waals surface area contributed by atoms with Gasteiger partial charge >= 0.3 is 12.1 Å². The molecule has 0 spiro atoms. The van der Waals surface area contributed by atoms with Crippen LogP contribution < -0.4 is 15.1 Å². The number of nitrogens with one attached hydrogen (secondary N) is 1. The number of aromatic nitrogens is 4. The third-order valence-electron chi connectivity index (χ3n) is 6.75. The number of hydrogen-bond acceptors (Lipinski definition) is 8. The number of aromatic hydroxyl groups is 1. The standard InChI is InChI=1S/C26H34N8O4/c1-15-11-32-14-19(22(35)30-23(32)28-15)29-24(36)33-10-8-18-20(7-9-27-21(18)33)31-12-16(2)34(17(3)13-31)25(37)38-26(4,5)6/h7,9,11,14,16-17H,8,10,12-13H2,1-6H3,(H,29,36)(H,28,30,35)/t16-,17+. The number of aryl methyl sites for hydroxylation is 1. The predicted octanol–water partition coefficient (Wildman–Crippen LogP) is 3.57. The third kappa shape index (κ3) is 4.77. The number of ether oxygens (including phenoxy) is 1. The largest absolute Gasteiger partial charge is 0.492 e. The summed E-state index contributed by atoms with van der Waals surface area (Å²) >= 11 is 0. The third-order valence-corrected chi connectivity index (χ3v) is 6.75. The van der Waals surface area contributed by atoms with Crippen LogP contribution in [0.15, 0.2) is 24.7 Å². The summed E-state index contributed by atoms with van der Waals surface area (Å²) in [7, 11) is 0. The van der Waals surface area contributed by atoms with Crippen LogP contribution in [0.4, 0.5) is 26.8 Å². The lowest BCUT2D eigenvalue weighted by molar-refractivity contribution is 0.00565. The molecule has 0 unspecified atom stereocenters. The summed E-state index contributed by atoms with van der Waals surface area (Å²) in [6.45, 7) is 13.2. The molecule has 1 fully saturated rings. The predicted molar refractivity (Wildman–Crippen MR) is 143 cm³/mol. The van der Waals surface area contributed by atoms with Crippen molar-refractivity contribution < 1.29 is 19.4 Å². The van der Waals surface area contributed by atoms with Gasteiger partial charge in [-0.05, 0) is 54.0 Å². The van der Waals surface area contributed by atoms with Gasteiger partial charge in [0.1, 0.15) is 17.1 Å². The number of carbonyl (C=O) groups is 2. The van der Waals surface area contributed by atoms with Gasteiger partial charge in [-0.15, -0.1) is 0 Å². The highest BCUT2D eigenvalue weighted by molar-refractivity contribution is 6.03. The highest BCUT2D eigenvalue weighted by atomic mass is 16.6. The molecule has 2 N–H and O–H groups in total. The summed E-state index contributed by atoms with van der Waals surface area (Å²) in [4.78, 5) is 44.5. The SMILES string of the molecule is Cc1cn2cc(NC(=O)N3CCc4c(N5C[C@@H](C)N(C(=O)OC(C)(C)C)[C@@H](C)C5)ccnc43)c(O)nc2n1. The van der Waals surface area contributed by atoms with Gasteiger partial charge < -0.3 is 20.1 Å². The maximum atomic E-state index is 13.2. The quantitative estimate of drug-likeness (QED) is 0.523. The Morgan fingerprint density at radius 3 is 2.53 bits per heavy atom. The number of nitrogens with zero attached hydrogens (tertiary/aromatic N) is 7. The van der Waals surface area contributed by atoms with Gasteiger partial charge in [-0.2, -0.15) is 4.98 Å². The van der Waals surface area contributed by atoms with Gasteiger partial charge in [-0.1, -0.05) is 0 Å². The minimum atomic E-state index is -0.556. The number of rotatable bonds is 2. The summed E-state index contributed by atoms with van der Waals surface area (Å²) in [5, 5.41) is 13.1. The molecule has 38 heavy (non-hydrogen) atoms. The van der Waals surface area contributed by atoms with E-state index in [0.717, 1.165) is 16.9 Å². The van der Waals surface area contributed by atoms with Crippen LogP contribution in [-0.2, 0) is 11.2 Å². The van der Waals surface area contributed by atoms with Crippen molar-refractivity contribution >= 4 is 35.1 Å². The van der Waals surface area contributed by atoms with Crippen molar-refractivity contribution in [3.63, 3.8) is 0 Å². The maximum Gasteiger partial charge on any atom is 0.410 e. The molecule has 5 rings (SSSR count). The lowest BCUT2D eigenvalue weighted by Gasteiger charge is -2.45. The van der Waals surface area contributed by atoms with Crippen LogP contribution >= 0.6 is 0 Å². The Labute approximate surface area is 221 Å². The molecule has 2 aliphatic heterocycles. The second-order valence-electron chi connectivity index (χ2n) is 11.0. The number of carbonyl (C=O) groups excluding carboxylic acids is 2. The normalized spacial score (nSPS) is 19.6. The van der Waals surface area contributed by atoms with Crippen LogP contribution in [0.25, 0.3) is 5.78 Å². The van der Waals surface area contributed by atoms with Crippen molar-refractivity contribution in [1.29, 1.82) is 0 Å². The maximum absolute atomic E-state index is 13.2. The highest BCUT2D eigenvalue weighted by Gasteiger charge is 2.37. The summed E-state index contributed by atoms with van der Waals surface area (Å²) in [5.41, 5.74) is 2.37. The molecule has 0 aromatic carbocycles. The molecule has 0 radical (unpaired) electrons. The fourth-order valence-corrected chi connectivity index (χ4v) is 5.27. The Bertz CT molecular complexity index is 1390. The van der Waals surface area contributed by atoms with Crippen molar-refractivity contribution in [1.82, 2.24) is 24.3 Å². The van der Waals surface area contributed by atoms with E-state index in [1.54, 1.807) is 27.9 Å². The first-order chi connectivity index (χ1) is 17.9. The molecule has 5 heterocycles. The van der Waals surface area contributed by atoms with Crippen LogP contribution in [-0.4, -0.2) is 78.8 Å². The molecule has 12 heteroatoms. The van der Waals surface area contributed by atoms with Gasteiger partial charge in [0.15, 0.2) is 0 Å². The Morgan fingerprint density at radius 2 is 1.84 bits per heavy atom. The number of urea groups is 1. The number of hydrogen-bond donors (Lipinski definition) is 2. The van der Waals surface area contributed by atoms with Crippen molar-refractivity contribution in [3.05, 3.63) is 35.9 Å². The Balaban J connectivity index is 1.33. The van der Waals surface area contributed by atoms with E-state index in [4.69, 9.17) is 4.74 Å². The highest BCUT2D eigenvalue weighted by Crippen LogP contribution is 2.36. The topological polar surface area (TPSA) is 128 Å². The zero-order chi connectivity index (χ0) is 27.4. The van der Waals surface area contributed by atoms with Gasteiger partial charge in [0.25, 0.3) is 0 Å². The van der Waals surface area contributed by atoms with E-state index in [2.05, 4.69) is 25.2 Å². The van der Waals surface area contributed by atoms with E-state index in [1.807, 2.05) is 52.5 Å². The molecule has 3 aromatic rings. The summed E-state index contributed by atoms with van der Waals surface area (Å²) in [6.07, 6.45) is 5.39. The molecule has 2 aliphatic rings. The van der Waals surface area contributed by atoms with E-state index >= 15 is 0 Å². The van der Waals surface area contributed by atoms with Crippen molar-refractivity contribution in [2.75, 3.05) is 34.8 Å². The van der Waals surface area contributed by atoms with Crippen molar-refractivity contribution in [2.24, 2.45) is 0 Å². The number of imidazole rings is 1. The molecule has 0 bridgehead atoms. The number of amides is 3. The molecule has 12 nitrogen and oxygen atoms in total. The molecular formula is C26H34N8O4. The second-order valence-corrected chi connectivity index (χ2v) is 11.0. The van der Waals surface area contributed by atoms with Crippen molar-refractivity contribution in [2.45, 2.75) is 65.6 Å². The van der Waals surface area contributed by atoms with E-state index < -0.39 is 11.6 Å². The number of pyridine rings is 1. The number of fused-ring (bicyclic) bond motifs is 2. The van der Waals surface area contributed by atoms with Crippen LogP contribution in [0.1, 0.15) is 45.9 Å². The first-order valence-electron chi connectivity index (χ1n) is 12.8. The zero-order valence-corrected chi connectivity index (χ0v) is 22.6. The fourth-order valence-electron chi connectivity index (χ4n) is 5.27. The first kappa shape index (κ1) is 25.6. The van der Waals surface area contributed by atoms with Gasteiger partial charge in [0, 0.05) is 49.5 Å². The summed E-state index contributed by atoms with van der Waals surface area (Å²) in [5.74, 6) is 0.636. The second kappa shape index (κ2) is 9.34.